The second-order valence-electron chi connectivity index (χ2n) is 18.7. The molecular formula is C64H58Cl6F8. The van der Waals surface area contributed by atoms with Gasteiger partial charge in [-0.05, 0) is 202 Å². The summed E-state index contributed by atoms with van der Waals surface area (Å²) in [6.45, 7) is -1.92. The van der Waals surface area contributed by atoms with Crippen LogP contribution in [0.2, 0.25) is 30.1 Å². The molecule has 0 aromatic heterocycles. The van der Waals surface area contributed by atoms with E-state index in [9.17, 15) is 17.6 Å². The quantitative estimate of drug-likeness (QED) is 0.154. The summed E-state index contributed by atoms with van der Waals surface area (Å²) < 4.78 is 79.5. The highest BCUT2D eigenvalue weighted by Gasteiger charge is 2.15. The topological polar surface area (TPSA) is 0 Å². The predicted molar refractivity (Wildman–Crippen MR) is 310 cm³/mol. The largest absolute Gasteiger partial charge is 0.246 e. The Hall–Kier alpha value is -5.06. The lowest BCUT2D eigenvalue weighted by atomic mass is 9.96. The minimum atomic E-state index is -0.480. The summed E-state index contributed by atoms with van der Waals surface area (Å²) in [4.78, 5) is 0. The Morgan fingerprint density at radius 3 is 0.603 bits per heavy atom. The third-order valence-corrected chi connectivity index (χ3v) is 15.6. The van der Waals surface area contributed by atoms with Crippen molar-refractivity contribution in [2.45, 2.75) is 104 Å². The van der Waals surface area contributed by atoms with Crippen LogP contribution in [0.15, 0.2) is 158 Å². The molecule has 8 aromatic rings. The Morgan fingerprint density at radius 2 is 0.397 bits per heavy atom. The molecule has 412 valence electrons. The molecule has 0 nitrogen and oxygen atoms in total. The van der Waals surface area contributed by atoms with Gasteiger partial charge in [-0.1, -0.05) is 191 Å². The average molecular weight is 1190 g/mol. The molecule has 0 heterocycles. The monoisotopic (exact) mass is 1190 g/mol. The van der Waals surface area contributed by atoms with Crippen molar-refractivity contribution in [1.29, 1.82) is 0 Å². The molecule has 0 N–H and O–H groups in total. The molecule has 0 saturated carbocycles. The number of aryl methyl sites for hydroxylation is 12. The summed E-state index contributed by atoms with van der Waals surface area (Å²) in [7, 11) is 0. The van der Waals surface area contributed by atoms with Gasteiger partial charge in [0.2, 0.25) is 0 Å². The first-order chi connectivity index (χ1) is 37.9. The molecule has 0 unspecified atom stereocenters. The van der Waals surface area contributed by atoms with Crippen molar-refractivity contribution < 1.29 is 35.9 Å². The van der Waals surface area contributed by atoms with E-state index in [-0.39, 0.29) is 0 Å². The maximum Gasteiger partial charge on any atom is 0.115 e. The molecule has 8 aromatic carbocycles. The highest BCUT2D eigenvalue weighted by atomic mass is 35.5. The number of hydrogen-bond donors (Lipinski definition) is 0. The van der Waals surface area contributed by atoms with Crippen molar-refractivity contribution in [2.75, 3.05) is 0 Å². The molecule has 20 rings (SSSR count). The van der Waals surface area contributed by atoms with Crippen LogP contribution in [0.1, 0.15) is 89.0 Å². The third kappa shape index (κ3) is 20.2. The van der Waals surface area contributed by atoms with Crippen molar-refractivity contribution in [1.82, 2.24) is 0 Å². The second kappa shape index (κ2) is 34.2. The van der Waals surface area contributed by atoms with Gasteiger partial charge in [0.25, 0.3) is 0 Å². The van der Waals surface area contributed by atoms with E-state index in [4.69, 9.17) is 87.9 Å². The maximum atomic E-state index is 11.9. The fourth-order valence-corrected chi connectivity index (χ4v) is 10.5. The van der Waals surface area contributed by atoms with Gasteiger partial charge in [-0.3, -0.25) is 0 Å². The zero-order chi connectivity index (χ0) is 56.4. The maximum absolute atomic E-state index is 11.9. The summed E-state index contributed by atoms with van der Waals surface area (Å²) in [5.41, 5.74) is 17.4. The summed E-state index contributed by atoms with van der Waals surface area (Å²) in [5.74, 6) is 0. The number of alkyl halides is 4. The first kappa shape index (κ1) is 63.8. The third-order valence-electron chi connectivity index (χ3n) is 13.5. The van der Waals surface area contributed by atoms with Crippen LogP contribution in [0, 0.1) is 0 Å². The molecule has 12 aliphatic carbocycles. The van der Waals surface area contributed by atoms with E-state index in [2.05, 4.69) is 84.9 Å². The molecule has 14 heteroatoms. The molecule has 0 radical (unpaired) electrons. The Morgan fingerprint density at radius 1 is 0.218 bits per heavy atom. The minimum absolute atomic E-state index is 0.480. The van der Waals surface area contributed by atoms with Crippen LogP contribution < -0.4 is 0 Å². The first-order valence-electron chi connectivity index (χ1n) is 25.2. The first-order valence-corrected chi connectivity index (χ1v) is 27.5. The Labute approximate surface area is 483 Å². The molecule has 0 fully saturated rings. The normalized spacial score (nSPS) is 12.6. The van der Waals surface area contributed by atoms with Gasteiger partial charge in [-0.25, -0.2) is 17.6 Å². The van der Waals surface area contributed by atoms with Crippen LogP contribution in [0.4, 0.5) is 35.9 Å². The summed E-state index contributed by atoms with van der Waals surface area (Å²) in [6, 6.07) is 51.8. The van der Waals surface area contributed by atoms with Crippen LogP contribution >= 0.6 is 69.6 Å². The second-order valence-corrected chi connectivity index (χ2v) is 21.2. The molecule has 12 aliphatic rings. The van der Waals surface area contributed by atoms with Gasteiger partial charge in [0.15, 0.2) is 0 Å². The molecule has 0 saturated heterocycles. The van der Waals surface area contributed by atoms with Crippen molar-refractivity contribution in [3.05, 3.63) is 277 Å². The average Bonchev–Trinajstić information content (AvgIpc) is 3.48. The van der Waals surface area contributed by atoms with E-state index < -0.39 is 26.7 Å². The van der Waals surface area contributed by atoms with E-state index in [1.807, 2.05) is 24.3 Å². The molecular weight excluding hydrogens is 1130 g/mol. The summed E-state index contributed by atoms with van der Waals surface area (Å²) >= 11 is 38.0. The van der Waals surface area contributed by atoms with Crippen molar-refractivity contribution in [3.63, 3.8) is 0 Å². The van der Waals surface area contributed by atoms with Crippen molar-refractivity contribution in [2.24, 2.45) is 0 Å². The SMILES string of the molecule is Clc1cc2c(Cl)cc1CCc1cc(Cl)c(cc1Cl)CC2.Clc1cc2ccc1CCc1ccc(c(Cl)c1)CC2.FCc1ccc(CF)cc1.FCc1ccc(CF)cc1.FF.FF.c1cc2ccc1CCc1ccc(cc1)CC2. The molecule has 0 aliphatic heterocycles. The minimum Gasteiger partial charge on any atom is -0.246 e. The van der Waals surface area contributed by atoms with Gasteiger partial charge in [-0.15, -0.1) is 0 Å². The number of benzene rings is 8. The number of halogens is 14. The van der Waals surface area contributed by atoms with Gasteiger partial charge in [0, 0.05) is 48.4 Å². The molecule has 0 atom stereocenters. The zero-order valence-electron chi connectivity index (χ0n) is 42.6. The predicted octanol–water partition coefficient (Wildman–Crippen LogP) is 21.6. The Bertz CT molecular complexity index is 2700. The van der Waals surface area contributed by atoms with E-state index >= 15 is 0 Å². The Balaban J connectivity index is 0.000000181. The number of rotatable bonds is 4. The fourth-order valence-electron chi connectivity index (χ4n) is 8.78. The van der Waals surface area contributed by atoms with E-state index in [1.54, 1.807) is 48.5 Å². The van der Waals surface area contributed by atoms with Crippen molar-refractivity contribution >= 4 is 69.6 Å². The zero-order valence-corrected chi connectivity index (χ0v) is 47.2. The summed E-state index contributed by atoms with van der Waals surface area (Å²) in [5, 5.41) is 4.91. The molecule has 12 bridgehead atoms. The Kier molecular flexibility index (Phi) is 27.9. The van der Waals surface area contributed by atoms with Crippen LogP contribution in [0.25, 0.3) is 0 Å². The smallest absolute Gasteiger partial charge is 0.115 e. The van der Waals surface area contributed by atoms with Gasteiger partial charge in [-0.2, -0.15) is 0 Å². The lowest BCUT2D eigenvalue weighted by Crippen LogP contribution is -2.01. The summed E-state index contributed by atoms with van der Waals surface area (Å²) in [6.07, 6.45) is 11.7. The van der Waals surface area contributed by atoms with Gasteiger partial charge >= 0.3 is 0 Å². The van der Waals surface area contributed by atoms with E-state index in [0.717, 1.165) is 129 Å². The van der Waals surface area contributed by atoms with Crippen molar-refractivity contribution in [3.8, 4) is 0 Å². The highest BCUT2D eigenvalue weighted by molar-refractivity contribution is 6.35. The van der Waals surface area contributed by atoms with Gasteiger partial charge < -0.3 is 0 Å². The van der Waals surface area contributed by atoms with Crippen LogP contribution in [0.5, 0.6) is 0 Å². The highest BCUT2D eigenvalue weighted by Crippen LogP contribution is 2.33. The van der Waals surface area contributed by atoms with E-state index in [1.165, 1.54) is 44.5 Å². The van der Waals surface area contributed by atoms with Gasteiger partial charge in [0.1, 0.15) is 26.7 Å². The molecule has 78 heavy (non-hydrogen) atoms. The number of hydrogen-bond acceptors (Lipinski definition) is 0. The lowest BCUT2D eigenvalue weighted by Gasteiger charge is -2.15. The van der Waals surface area contributed by atoms with Crippen LogP contribution in [0.3, 0.4) is 0 Å². The van der Waals surface area contributed by atoms with Crippen LogP contribution in [-0.2, 0) is 104 Å². The fraction of sp³-hybridized carbons (Fsp3) is 0.250. The lowest BCUT2D eigenvalue weighted by molar-refractivity contribution is 0.108. The standard InChI is InChI=1S/C16H12Cl4.C16H14Cl2.C16H16.2C8H8F2.2F2/c17-13-7-11-3-4-12-8-15(19)10(6-16(12)20)2-1-9(13)5-14(11)18;17-15-9-11-1-5-13(15)8-4-12-2-6-14(7-3-11)16(18)10-12;1-2-14-4-3-13(1)9-10-15-5-7-16(8-6-15)12-11-14;2*9-5-7-1-2-8(6-10)4-3-7;2*1-2/h5-8H,1-4H2;1-2,5-6,9-10H,3-4,7-8H2;1-8H,9-12H2;2*1-4H,5-6H2;;. The van der Waals surface area contributed by atoms with Crippen LogP contribution in [-0.4, -0.2) is 0 Å². The molecule has 0 spiro atoms. The molecule has 0 amide bonds. The van der Waals surface area contributed by atoms with Gasteiger partial charge in [0.05, 0.1) is 0 Å². The van der Waals surface area contributed by atoms with E-state index in [0.29, 0.717) is 22.3 Å².